The molecule has 5 fully saturated rings. The first-order chi connectivity index (χ1) is 31.3. The highest BCUT2D eigenvalue weighted by molar-refractivity contribution is 6.25. The molecule has 9 rings (SSSR count). The Balaban J connectivity index is 0.684. The number of carbonyl (C=O) groups excluding carboxylic acids is 5. The molecule has 3 aromatic rings. The van der Waals surface area contributed by atoms with Gasteiger partial charge in [-0.05, 0) is 93.3 Å². The van der Waals surface area contributed by atoms with E-state index < -0.39 is 47.0 Å². The Hall–Kier alpha value is -6.06. The van der Waals surface area contributed by atoms with Gasteiger partial charge in [-0.3, -0.25) is 39.1 Å². The summed E-state index contributed by atoms with van der Waals surface area (Å²) < 4.78 is 40.5. The van der Waals surface area contributed by atoms with E-state index in [9.17, 15) is 37.1 Å². The summed E-state index contributed by atoms with van der Waals surface area (Å²) in [4.78, 5) is 81.6. The van der Waals surface area contributed by atoms with Crippen LogP contribution in [0.2, 0.25) is 0 Å². The molecule has 7 heterocycles. The van der Waals surface area contributed by atoms with E-state index in [4.69, 9.17) is 5.26 Å². The van der Waals surface area contributed by atoms with E-state index in [0.717, 1.165) is 107 Å². The van der Waals surface area contributed by atoms with E-state index in [1.54, 1.807) is 24.4 Å². The zero-order valence-corrected chi connectivity index (χ0v) is 36.2. The van der Waals surface area contributed by atoms with Crippen molar-refractivity contribution in [2.75, 3.05) is 92.0 Å². The van der Waals surface area contributed by atoms with Crippen molar-refractivity contribution in [1.29, 1.82) is 5.26 Å². The number of nitrogens with zero attached hydrogens (tertiary/aromatic N) is 8. The number of carbonyl (C=O) groups is 5. The Kier molecular flexibility index (Phi) is 12.5. The Morgan fingerprint density at radius 2 is 1.46 bits per heavy atom. The molecule has 2 aromatic carbocycles. The first kappa shape index (κ1) is 44.2. The molecule has 5 amide bonds. The molecule has 1 unspecified atom stereocenters. The molecule has 1 atom stereocenters. The van der Waals surface area contributed by atoms with E-state index in [1.165, 1.54) is 12.1 Å². The Morgan fingerprint density at radius 3 is 2.12 bits per heavy atom. The van der Waals surface area contributed by atoms with Gasteiger partial charge in [0.2, 0.25) is 17.7 Å². The Morgan fingerprint density at radius 1 is 0.785 bits per heavy atom. The molecule has 2 N–H and O–H groups in total. The lowest BCUT2D eigenvalue weighted by Gasteiger charge is -2.44. The maximum atomic E-state index is 13.7. The van der Waals surface area contributed by atoms with Gasteiger partial charge in [-0.15, -0.1) is 0 Å². The van der Waals surface area contributed by atoms with E-state index >= 15 is 0 Å². The lowest BCUT2D eigenvalue weighted by atomic mass is 9.95. The fourth-order valence-electron chi connectivity index (χ4n) is 10.6. The zero-order valence-electron chi connectivity index (χ0n) is 36.2. The van der Waals surface area contributed by atoms with E-state index in [2.05, 4.69) is 35.2 Å². The molecule has 1 aromatic heterocycles. The SMILES string of the molecule is N#Cc1ccc(N2CCC(C(=O)Nc3ccc(N4CCC(CN5CCN(C6CCN(c7cccc8c7C(=O)N(C7CCC(=O)NC7=O)C8=O)CC6)CC5)CC4)cn3)CC2)cc1C(F)(F)F. The van der Waals surface area contributed by atoms with E-state index in [1.807, 2.05) is 23.1 Å². The maximum Gasteiger partial charge on any atom is 0.417 e. The zero-order chi connectivity index (χ0) is 45.4. The number of anilines is 4. The van der Waals surface area contributed by atoms with Crippen LogP contribution in [-0.4, -0.2) is 133 Å². The number of hydrogen-bond acceptors (Lipinski definition) is 12. The van der Waals surface area contributed by atoms with Gasteiger partial charge < -0.3 is 24.9 Å². The number of nitriles is 1. The first-order valence-electron chi connectivity index (χ1n) is 22.8. The number of fused-ring (bicyclic) bond motifs is 1. The third kappa shape index (κ3) is 9.26. The second-order valence-electron chi connectivity index (χ2n) is 18.1. The average molecular weight is 895 g/mol. The van der Waals surface area contributed by atoms with Crippen molar-refractivity contribution >= 4 is 52.4 Å². The van der Waals surface area contributed by atoms with Gasteiger partial charge in [0.1, 0.15) is 11.9 Å². The van der Waals surface area contributed by atoms with Gasteiger partial charge in [-0.1, -0.05) is 6.07 Å². The topological polar surface area (TPSA) is 166 Å². The smallest absolute Gasteiger partial charge is 0.371 e. The number of piperazine rings is 1. The van der Waals surface area contributed by atoms with Crippen LogP contribution in [0.25, 0.3) is 0 Å². The van der Waals surface area contributed by atoms with Crippen LogP contribution >= 0.6 is 0 Å². The molecule has 6 aliphatic heterocycles. The van der Waals surface area contributed by atoms with Crippen LogP contribution in [0.5, 0.6) is 0 Å². The Bertz CT molecular complexity index is 2360. The van der Waals surface area contributed by atoms with Crippen molar-refractivity contribution in [3.8, 4) is 6.07 Å². The number of alkyl halides is 3. The summed E-state index contributed by atoms with van der Waals surface area (Å²) in [5.41, 5.74) is 1.44. The van der Waals surface area contributed by atoms with Crippen LogP contribution in [0.1, 0.15) is 83.2 Å². The van der Waals surface area contributed by atoms with Gasteiger partial charge in [0, 0.05) is 96.1 Å². The van der Waals surface area contributed by atoms with Crippen LogP contribution in [0.15, 0.2) is 54.7 Å². The summed E-state index contributed by atoms with van der Waals surface area (Å²) in [5.74, 6) is -1.32. The number of benzene rings is 2. The molecule has 6 aliphatic rings. The number of aromatic nitrogens is 1. The number of hydrogen-bond donors (Lipinski definition) is 2. The molecule has 0 bridgehead atoms. The minimum absolute atomic E-state index is 0.0847. The molecule has 342 valence electrons. The minimum atomic E-state index is -4.62. The van der Waals surface area contributed by atoms with E-state index in [-0.39, 0.29) is 24.7 Å². The third-order valence-electron chi connectivity index (χ3n) is 14.3. The fraction of sp³-hybridized carbons (Fsp3) is 0.511. The van der Waals surface area contributed by atoms with Gasteiger partial charge in [0.15, 0.2) is 0 Å². The molecule has 0 radical (unpaired) electrons. The number of rotatable bonds is 9. The fourth-order valence-corrected chi connectivity index (χ4v) is 10.6. The number of piperidine rings is 4. The predicted octanol–water partition coefficient (Wildman–Crippen LogP) is 4.73. The molecule has 18 heteroatoms. The summed E-state index contributed by atoms with van der Waals surface area (Å²) >= 11 is 0. The highest BCUT2D eigenvalue weighted by Crippen LogP contribution is 2.38. The standard InChI is InChI=1S/C47H53F3N10O5/c48-47(49,50)37-26-34(5-4-32(37)27-51)56-18-12-31(13-19-56)43(62)53-40-8-6-35(28-52-40)57-16-10-30(11-17-57)29-55-22-24-58(25-23-55)33-14-20-59(21-15-33)38-3-1-2-36-42(38)46(65)60(45(36)64)39-7-9-41(61)54-44(39)63/h1-6,8,26,28,30-31,33,39H,7,9-25,29H2,(H,52,53,62)(H,54,61,63). The highest BCUT2D eigenvalue weighted by atomic mass is 19.4. The summed E-state index contributed by atoms with van der Waals surface area (Å²) in [6, 6.07) is 14.0. The molecule has 0 spiro atoms. The van der Waals surface area contributed by atoms with Crippen LogP contribution < -0.4 is 25.3 Å². The summed E-state index contributed by atoms with van der Waals surface area (Å²) in [6.45, 7) is 9.37. The highest BCUT2D eigenvalue weighted by Gasteiger charge is 2.46. The summed E-state index contributed by atoms with van der Waals surface area (Å²) in [6.07, 6.45) is 2.43. The second-order valence-corrected chi connectivity index (χ2v) is 18.1. The van der Waals surface area contributed by atoms with Crippen molar-refractivity contribution < 1.29 is 37.1 Å². The van der Waals surface area contributed by atoms with Crippen molar-refractivity contribution in [2.45, 2.75) is 69.6 Å². The molecule has 5 saturated heterocycles. The van der Waals surface area contributed by atoms with Crippen LogP contribution in [0.3, 0.4) is 0 Å². The summed E-state index contributed by atoms with van der Waals surface area (Å²) in [5, 5.41) is 14.3. The lowest BCUT2D eigenvalue weighted by Crippen LogP contribution is -2.54. The van der Waals surface area contributed by atoms with Crippen LogP contribution in [0.4, 0.5) is 36.1 Å². The van der Waals surface area contributed by atoms with Gasteiger partial charge in [0.25, 0.3) is 11.8 Å². The number of imide groups is 2. The molecule has 0 aliphatic carbocycles. The molecule has 15 nitrogen and oxygen atoms in total. The van der Waals surface area contributed by atoms with Crippen molar-refractivity contribution in [3.63, 3.8) is 0 Å². The van der Waals surface area contributed by atoms with Crippen LogP contribution in [0, 0.1) is 23.2 Å². The molecular weight excluding hydrogens is 842 g/mol. The normalized spacial score (nSPS) is 22.3. The van der Waals surface area contributed by atoms with Gasteiger partial charge >= 0.3 is 6.18 Å². The second kappa shape index (κ2) is 18.4. The quantitative estimate of drug-likeness (QED) is 0.284. The van der Waals surface area contributed by atoms with Crippen molar-refractivity contribution in [2.24, 2.45) is 11.8 Å². The number of pyridine rings is 1. The predicted molar refractivity (Wildman–Crippen MR) is 235 cm³/mol. The van der Waals surface area contributed by atoms with E-state index in [0.29, 0.717) is 60.5 Å². The number of nitrogens with one attached hydrogen (secondary N) is 2. The van der Waals surface area contributed by atoms with Gasteiger partial charge in [-0.2, -0.15) is 18.4 Å². The average Bonchev–Trinajstić information content (AvgIpc) is 3.57. The number of amides is 5. The van der Waals surface area contributed by atoms with Gasteiger partial charge in [-0.25, -0.2) is 4.98 Å². The third-order valence-corrected chi connectivity index (χ3v) is 14.3. The van der Waals surface area contributed by atoms with Crippen molar-refractivity contribution in [3.05, 3.63) is 77.0 Å². The largest absolute Gasteiger partial charge is 0.417 e. The van der Waals surface area contributed by atoms with Gasteiger partial charge in [0.05, 0.1) is 45.9 Å². The van der Waals surface area contributed by atoms with Crippen molar-refractivity contribution in [1.82, 2.24) is 25.0 Å². The Labute approximate surface area is 375 Å². The lowest BCUT2D eigenvalue weighted by molar-refractivity contribution is -0.138. The van der Waals surface area contributed by atoms with Crippen LogP contribution in [-0.2, 0) is 20.6 Å². The summed E-state index contributed by atoms with van der Waals surface area (Å²) in [7, 11) is 0. The number of halogens is 3. The monoisotopic (exact) mass is 894 g/mol. The molecule has 0 saturated carbocycles. The maximum absolute atomic E-state index is 13.7. The molecular formula is C47H53F3N10O5. The molecule has 65 heavy (non-hydrogen) atoms. The first-order valence-corrected chi connectivity index (χ1v) is 22.8. The minimum Gasteiger partial charge on any atom is -0.371 e.